The fourth-order valence-electron chi connectivity index (χ4n) is 1.46. The van der Waals surface area contributed by atoms with E-state index in [1.807, 2.05) is 6.92 Å². The van der Waals surface area contributed by atoms with Crippen LogP contribution in [0.3, 0.4) is 0 Å². The fourth-order valence-corrected chi connectivity index (χ4v) is 2.00. The van der Waals surface area contributed by atoms with Crippen LogP contribution in [-0.4, -0.2) is 28.8 Å². The molecule has 4 nitrogen and oxygen atoms in total. The van der Waals surface area contributed by atoms with Crippen molar-refractivity contribution in [3.05, 3.63) is 27.7 Å². The van der Waals surface area contributed by atoms with Gasteiger partial charge in [0.1, 0.15) is 6.04 Å². The van der Waals surface area contributed by atoms with Crippen LogP contribution in [0.2, 0.25) is 10.0 Å². The van der Waals surface area contributed by atoms with Crippen molar-refractivity contribution in [2.75, 3.05) is 6.54 Å². The van der Waals surface area contributed by atoms with E-state index in [1.165, 1.54) is 12.1 Å². The fraction of sp³-hybridized carbons (Fsp3) is 0.364. The Kier molecular flexibility index (Phi) is 7.40. The highest BCUT2D eigenvalue weighted by atomic mass is 35.5. The number of carboxylic acids is 1. The van der Waals surface area contributed by atoms with Gasteiger partial charge in [-0.15, -0.1) is 12.4 Å². The van der Waals surface area contributed by atoms with Gasteiger partial charge in [0.2, 0.25) is 0 Å². The quantitative estimate of drug-likeness (QED) is 0.781. The van der Waals surface area contributed by atoms with Gasteiger partial charge in [0.15, 0.2) is 5.75 Å². The van der Waals surface area contributed by atoms with Crippen molar-refractivity contribution in [3.8, 4) is 5.75 Å². The normalized spacial score (nSPS) is 11.7. The first-order valence-electron chi connectivity index (χ1n) is 5.08. The van der Waals surface area contributed by atoms with Crippen molar-refractivity contribution in [2.45, 2.75) is 19.4 Å². The molecule has 0 spiro atoms. The van der Waals surface area contributed by atoms with Crippen LogP contribution in [0.15, 0.2) is 12.1 Å². The Bertz CT molecular complexity index is 403. The topological polar surface area (TPSA) is 69.6 Å². The van der Waals surface area contributed by atoms with Crippen LogP contribution in [0.5, 0.6) is 5.75 Å². The van der Waals surface area contributed by atoms with Crippen LogP contribution in [0, 0.1) is 0 Å². The maximum Gasteiger partial charge on any atom is 0.321 e. The Morgan fingerprint density at radius 1 is 1.39 bits per heavy atom. The summed E-state index contributed by atoms with van der Waals surface area (Å²) >= 11 is 11.5. The molecule has 7 heteroatoms. The molecule has 0 aliphatic rings. The Balaban J connectivity index is 0.00000289. The van der Waals surface area contributed by atoms with Crippen LogP contribution in [0.25, 0.3) is 0 Å². The number of likely N-dealkylation sites (N-methyl/N-ethyl adjacent to an activating group) is 1. The summed E-state index contributed by atoms with van der Waals surface area (Å²) in [6.07, 6.45) is 0.253. The summed E-state index contributed by atoms with van der Waals surface area (Å²) in [6.45, 7) is 2.38. The number of carbonyl (C=O) groups is 1. The monoisotopic (exact) mass is 313 g/mol. The van der Waals surface area contributed by atoms with Crippen molar-refractivity contribution in [2.24, 2.45) is 0 Å². The number of aliphatic carboxylic acids is 1. The van der Waals surface area contributed by atoms with Gasteiger partial charge in [-0.1, -0.05) is 30.1 Å². The van der Waals surface area contributed by atoms with Gasteiger partial charge in [-0.05, 0) is 30.7 Å². The highest BCUT2D eigenvalue weighted by Crippen LogP contribution is 2.32. The third-order valence-corrected chi connectivity index (χ3v) is 2.84. The first-order valence-corrected chi connectivity index (χ1v) is 5.84. The minimum Gasteiger partial charge on any atom is -0.505 e. The summed E-state index contributed by atoms with van der Waals surface area (Å²) in [7, 11) is 0. The number of nitrogens with one attached hydrogen (secondary N) is 1. The molecule has 0 heterocycles. The standard InChI is InChI=1S/C11H13Cl2NO3.ClH/c1-2-14-9(11(16)17)5-6-3-7(12)10(15)8(13)4-6;/h3-4,9,14-15H,2,5H2,1H3,(H,16,17);1H. The average molecular weight is 315 g/mol. The summed E-state index contributed by atoms with van der Waals surface area (Å²) in [6, 6.07) is 2.32. The number of phenols is 1. The number of phenolic OH excluding ortho intramolecular Hbond substituents is 1. The maximum absolute atomic E-state index is 11.0. The number of hydrogen-bond donors (Lipinski definition) is 3. The van der Waals surface area contributed by atoms with E-state index in [4.69, 9.17) is 28.3 Å². The average Bonchev–Trinajstić information content (AvgIpc) is 2.25. The van der Waals surface area contributed by atoms with Crippen molar-refractivity contribution < 1.29 is 15.0 Å². The lowest BCUT2D eigenvalue weighted by atomic mass is 10.1. The lowest BCUT2D eigenvalue weighted by Crippen LogP contribution is -2.38. The van der Waals surface area contributed by atoms with Gasteiger partial charge < -0.3 is 15.5 Å². The third-order valence-electron chi connectivity index (χ3n) is 2.27. The molecule has 1 unspecified atom stereocenters. The van der Waals surface area contributed by atoms with E-state index >= 15 is 0 Å². The second-order valence-electron chi connectivity index (χ2n) is 3.56. The smallest absolute Gasteiger partial charge is 0.321 e. The van der Waals surface area contributed by atoms with E-state index in [2.05, 4.69) is 5.32 Å². The molecule has 0 aromatic heterocycles. The Labute approximate surface area is 121 Å². The molecule has 0 saturated carbocycles. The van der Waals surface area contributed by atoms with E-state index in [-0.39, 0.29) is 34.6 Å². The largest absolute Gasteiger partial charge is 0.505 e. The third kappa shape index (κ3) is 4.53. The molecule has 102 valence electrons. The van der Waals surface area contributed by atoms with E-state index in [0.29, 0.717) is 12.1 Å². The Morgan fingerprint density at radius 2 is 1.89 bits per heavy atom. The van der Waals surface area contributed by atoms with Gasteiger partial charge in [0, 0.05) is 0 Å². The first-order chi connectivity index (χ1) is 7.95. The van der Waals surface area contributed by atoms with Gasteiger partial charge in [0.05, 0.1) is 10.0 Å². The minimum atomic E-state index is -0.938. The van der Waals surface area contributed by atoms with Crippen molar-refractivity contribution in [1.29, 1.82) is 0 Å². The first kappa shape index (κ1) is 17.3. The zero-order valence-corrected chi connectivity index (χ0v) is 11.9. The molecule has 18 heavy (non-hydrogen) atoms. The van der Waals surface area contributed by atoms with Gasteiger partial charge >= 0.3 is 5.97 Å². The van der Waals surface area contributed by atoms with Crippen molar-refractivity contribution >= 4 is 41.6 Å². The second-order valence-corrected chi connectivity index (χ2v) is 4.38. The molecular formula is C11H14Cl3NO3. The van der Waals surface area contributed by atoms with E-state index in [9.17, 15) is 9.90 Å². The van der Waals surface area contributed by atoms with Crippen LogP contribution in [0.4, 0.5) is 0 Å². The molecule has 3 N–H and O–H groups in total. The van der Waals surface area contributed by atoms with E-state index in [0.717, 1.165) is 0 Å². The predicted molar refractivity (Wildman–Crippen MR) is 74.2 cm³/mol. The summed E-state index contributed by atoms with van der Waals surface area (Å²) < 4.78 is 0. The lowest BCUT2D eigenvalue weighted by Gasteiger charge is -2.13. The molecule has 0 aliphatic heterocycles. The summed E-state index contributed by atoms with van der Waals surface area (Å²) in [4.78, 5) is 11.0. The van der Waals surface area contributed by atoms with Gasteiger partial charge in [-0.25, -0.2) is 0 Å². The molecule has 1 aromatic rings. The van der Waals surface area contributed by atoms with Crippen LogP contribution in [0.1, 0.15) is 12.5 Å². The Morgan fingerprint density at radius 3 is 2.28 bits per heavy atom. The zero-order chi connectivity index (χ0) is 13.0. The van der Waals surface area contributed by atoms with Crippen molar-refractivity contribution in [1.82, 2.24) is 5.32 Å². The summed E-state index contributed by atoms with van der Waals surface area (Å²) in [5, 5.41) is 21.4. The SMILES string of the molecule is CCNC(Cc1cc(Cl)c(O)c(Cl)c1)C(=O)O.Cl. The molecule has 0 bridgehead atoms. The summed E-state index contributed by atoms with van der Waals surface area (Å²) in [5.74, 6) is -1.13. The predicted octanol–water partition coefficient (Wildman–Crippen LogP) is 2.73. The van der Waals surface area contributed by atoms with Gasteiger partial charge in [-0.2, -0.15) is 0 Å². The van der Waals surface area contributed by atoms with Crippen LogP contribution in [-0.2, 0) is 11.2 Å². The number of halogens is 3. The van der Waals surface area contributed by atoms with E-state index in [1.54, 1.807) is 0 Å². The van der Waals surface area contributed by atoms with Crippen LogP contribution >= 0.6 is 35.6 Å². The lowest BCUT2D eigenvalue weighted by molar-refractivity contribution is -0.139. The summed E-state index contributed by atoms with van der Waals surface area (Å²) in [5.41, 5.74) is 0.658. The molecular weight excluding hydrogens is 300 g/mol. The molecule has 0 aliphatic carbocycles. The molecule has 0 radical (unpaired) electrons. The Hall–Kier alpha value is -0.680. The highest BCUT2D eigenvalue weighted by molar-refractivity contribution is 6.37. The number of rotatable bonds is 5. The minimum absolute atomic E-state index is 0. The van der Waals surface area contributed by atoms with Gasteiger partial charge in [0.25, 0.3) is 0 Å². The number of carboxylic acid groups (broad SMARTS) is 1. The van der Waals surface area contributed by atoms with Gasteiger partial charge in [-0.3, -0.25) is 4.79 Å². The number of hydrogen-bond acceptors (Lipinski definition) is 3. The molecule has 0 fully saturated rings. The number of aromatic hydroxyl groups is 1. The molecule has 1 aromatic carbocycles. The highest BCUT2D eigenvalue weighted by Gasteiger charge is 2.17. The molecule has 1 atom stereocenters. The van der Waals surface area contributed by atoms with Crippen LogP contribution < -0.4 is 5.32 Å². The molecule has 0 amide bonds. The molecule has 1 rings (SSSR count). The second kappa shape index (κ2) is 7.69. The van der Waals surface area contributed by atoms with E-state index < -0.39 is 12.0 Å². The molecule has 0 saturated heterocycles. The maximum atomic E-state index is 11.0. The van der Waals surface area contributed by atoms with Crippen molar-refractivity contribution in [3.63, 3.8) is 0 Å². The number of benzene rings is 1. The zero-order valence-electron chi connectivity index (χ0n) is 9.61.